The van der Waals surface area contributed by atoms with Gasteiger partial charge in [-0.15, -0.1) is 0 Å². The lowest BCUT2D eigenvalue weighted by molar-refractivity contribution is -0.141. The molecule has 3 fully saturated rings. The molecule has 6 rings (SSSR count). The lowest BCUT2D eigenvalue weighted by Crippen LogP contribution is -2.59. The third-order valence-electron chi connectivity index (χ3n) is 6.21. The van der Waals surface area contributed by atoms with E-state index in [1.807, 2.05) is 0 Å². The van der Waals surface area contributed by atoms with Crippen molar-refractivity contribution >= 4 is 5.91 Å². The summed E-state index contributed by atoms with van der Waals surface area (Å²) < 4.78 is 59.1. The number of alkyl halides is 3. The number of fused-ring (bicyclic) bond motifs is 3. The lowest BCUT2D eigenvalue weighted by Gasteiger charge is -2.49. The molecule has 1 aliphatic carbocycles. The van der Waals surface area contributed by atoms with E-state index in [-0.39, 0.29) is 34.8 Å². The van der Waals surface area contributed by atoms with Crippen LogP contribution in [0.5, 0.6) is 5.88 Å². The molecular weight excluding hydrogens is 454 g/mol. The van der Waals surface area contributed by atoms with Crippen LogP contribution in [0.1, 0.15) is 35.3 Å². The van der Waals surface area contributed by atoms with E-state index in [4.69, 9.17) is 4.74 Å². The summed E-state index contributed by atoms with van der Waals surface area (Å²) in [6.45, 7) is 0.436. The van der Waals surface area contributed by atoms with E-state index < -0.39 is 29.7 Å². The molecule has 2 aliphatic heterocycles. The molecule has 0 radical (unpaired) electrons. The number of aromatic nitrogens is 4. The number of benzene rings is 1. The first-order chi connectivity index (χ1) is 16.3. The number of rotatable bonds is 4. The minimum absolute atomic E-state index is 0.0535. The summed E-state index contributed by atoms with van der Waals surface area (Å²) in [5, 5.41) is 0. The van der Waals surface area contributed by atoms with Crippen molar-refractivity contribution in [3.05, 3.63) is 66.1 Å². The number of halogens is 4. The van der Waals surface area contributed by atoms with Gasteiger partial charge in [-0.05, 0) is 37.3 Å². The summed E-state index contributed by atoms with van der Waals surface area (Å²) in [5.74, 6) is -0.878. The maximum absolute atomic E-state index is 14.9. The number of amides is 1. The van der Waals surface area contributed by atoms with Gasteiger partial charge < -0.3 is 9.64 Å². The Balaban J connectivity index is 1.41. The molecule has 0 unspecified atom stereocenters. The van der Waals surface area contributed by atoms with Crippen molar-refractivity contribution in [1.29, 1.82) is 0 Å². The average Bonchev–Trinajstić information content (AvgIpc) is 2.84. The molecule has 2 saturated heterocycles. The molecule has 34 heavy (non-hydrogen) atoms. The molecule has 1 aromatic carbocycles. The highest BCUT2D eigenvalue weighted by Gasteiger charge is 2.45. The molecule has 176 valence electrons. The topological polar surface area (TPSA) is 81.1 Å². The predicted octanol–water partition coefficient (Wildman–Crippen LogP) is 4.16. The lowest BCUT2D eigenvalue weighted by atomic mass is 9.77. The summed E-state index contributed by atoms with van der Waals surface area (Å²) in [7, 11) is 0. The fraction of sp³-hybridized carbons (Fsp3) is 0.348. The average molecular weight is 473 g/mol. The van der Waals surface area contributed by atoms with E-state index in [2.05, 4.69) is 19.9 Å². The number of hydrogen-bond donors (Lipinski definition) is 0. The molecule has 2 aromatic heterocycles. The molecular formula is C23H19F4N5O2. The highest BCUT2D eigenvalue weighted by atomic mass is 19.4. The zero-order valence-electron chi connectivity index (χ0n) is 17.7. The minimum atomic E-state index is -4.60. The zero-order chi connectivity index (χ0) is 23.9. The third kappa shape index (κ3) is 4.17. The standard InChI is InChI=1S/C23H19F4N5O2/c24-15-4-1-3-14(21-28-7-2-8-29-21)20(15)22(33)32-12-13-5-6-16(32)17(9-13)34-19-11-30-18(10-31-19)23(25,26)27/h1-4,7-8,10-11,13,16-17H,5-6,9,12H2/t13-,16-,17+/m0/s1. The van der Waals surface area contributed by atoms with E-state index in [9.17, 15) is 22.4 Å². The molecule has 4 heterocycles. The summed E-state index contributed by atoms with van der Waals surface area (Å²) >= 11 is 0. The maximum atomic E-state index is 14.9. The van der Waals surface area contributed by atoms with Crippen molar-refractivity contribution < 1.29 is 27.1 Å². The molecule has 0 N–H and O–H groups in total. The van der Waals surface area contributed by atoms with Crippen molar-refractivity contribution in [2.24, 2.45) is 5.92 Å². The number of nitrogens with zero attached hydrogens (tertiary/aromatic N) is 5. The third-order valence-corrected chi connectivity index (χ3v) is 6.21. The first-order valence-corrected chi connectivity index (χ1v) is 10.7. The van der Waals surface area contributed by atoms with E-state index in [1.165, 1.54) is 24.5 Å². The van der Waals surface area contributed by atoms with Crippen LogP contribution in [0.3, 0.4) is 0 Å². The van der Waals surface area contributed by atoms with Crippen LogP contribution in [0.4, 0.5) is 17.6 Å². The Bertz CT molecular complexity index is 1190. The van der Waals surface area contributed by atoms with Gasteiger partial charge in [0.05, 0.1) is 24.0 Å². The van der Waals surface area contributed by atoms with Crippen LogP contribution in [-0.4, -0.2) is 49.4 Å². The Morgan fingerprint density at radius 1 is 1.03 bits per heavy atom. The Kier molecular flexibility index (Phi) is 5.62. The zero-order valence-corrected chi connectivity index (χ0v) is 17.7. The van der Waals surface area contributed by atoms with Gasteiger partial charge in [-0.25, -0.2) is 24.3 Å². The van der Waals surface area contributed by atoms with E-state index in [0.717, 1.165) is 12.6 Å². The molecule has 3 aromatic rings. The van der Waals surface area contributed by atoms with E-state index in [0.29, 0.717) is 25.6 Å². The van der Waals surface area contributed by atoms with E-state index >= 15 is 0 Å². The van der Waals surface area contributed by atoms with Crippen molar-refractivity contribution in [3.8, 4) is 17.3 Å². The Hall–Kier alpha value is -3.63. The second-order valence-electron chi connectivity index (χ2n) is 8.33. The second kappa shape index (κ2) is 8.62. The van der Waals surface area contributed by atoms with Crippen LogP contribution in [0.25, 0.3) is 11.4 Å². The fourth-order valence-corrected chi connectivity index (χ4v) is 4.68. The van der Waals surface area contributed by atoms with Gasteiger partial charge in [-0.1, -0.05) is 12.1 Å². The molecule has 2 bridgehead atoms. The van der Waals surface area contributed by atoms with Crippen LogP contribution in [-0.2, 0) is 6.18 Å². The van der Waals surface area contributed by atoms with Crippen LogP contribution in [0.2, 0.25) is 0 Å². The summed E-state index contributed by atoms with van der Waals surface area (Å²) in [6.07, 6.45) is 1.59. The first kappa shape index (κ1) is 22.2. The SMILES string of the molecule is O=C(c1c(F)cccc1-c1ncccn1)N1C[C@H]2CC[C@H]1[C@H](Oc1cnc(C(F)(F)F)cn1)C2. The minimum Gasteiger partial charge on any atom is -0.471 e. The van der Waals surface area contributed by atoms with Crippen molar-refractivity contribution in [2.75, 3.05) is 6.54 Å². The number of hydrogen-bond acceptors (Lipinski definition) is 6. The van der Waals surface area contributed by atoms with Crippen molar-refractivity contribution in [3.63, 3.8) is 0 Å². The molecule has 11 heteroatoms. The first-order valence-electron chi connectivity index (χ1n) is 10.7. The predicted molar refractivity (Wildman–Crippen MR) is 111 cm³/mol. The summed E-state index contributed by atoms with van der Waals surface area (Å²) in [6, 6.07) is 5.55. The van der Waals surface area contributed by atoms with Crippen molar-refractivity contribution in [2.45, 2.75) is 37.6 Å². The molecule has 3 atom stereocenters. The molecule has 0 spiro atoms. The van der Waals surface area contributed by atoms with Crippen molar-refractivity contribution in [1.82, 2.24) is 24.8 Å². The quantitative estimate of drug-likeness (QED) is 0.530. The van der Waals surface area contributed by atoms with Gasteiger partial charge in [0.25, 0.3) is 5.91 Å². The van der Waals surface area contributed by atoms with Gasteiger partial charge in [0.1, 0.15) is 11.9 Å². The Morgan fingerprint density at radius 2 is 1.82 bits per heavy atom. The van der Waals surface area contributed by atoms with Gasteiger partial charge in [0.15, 0.2) is 11.5 Å². The molecule has 1 saturated carbocycles. The Labute approximate surface area is 191 Å². The van der Waals surface area contributed by atoms with Crippen LogP contribution in [0.15, 0.2) is 49.1 Å². The highest BCUT2D eigenvalue weighted by molar-refractivity contribution is 6.00. The monoisotopic (exact) mass is 473 g/mol. The number of piperidine rings is 2. The van der Waals surface area contributed by atoms with E-state index in [1.54, 1.807) is 17.0 Å². The van der Waals surface area contributed by atoms with Gasteiger partial charge in [-0.3, -0.25) is 4.79 Å². The van der Waals surface area contributed by atoms with Crippen LogP contribution >= 0.6 is 0 Å². The van der Waals surface area contributed by atoms with Crippen LogP contribution < -0.4 is 4.74 Å². The number of carbonyl (C=O) groups is 1. The number of ether oxygens (including phenoxy) is 1. The summed E-state index contributed by atoms with van der Waals surface area (Å²) in [5.41, 5.74) is -0.940. The largest absolute Gasteiger partial charge is 0.471 e. The number of carbonyl (C=O) groups excluding carboxylic acids is 1. The second-order valence-corrected chi connectivity index (χ2v) is 8.33. The molecule has 1 amide bonds. The smallest absolute Gasteiger partial charge is 0.434 e. The van der Waals surface area contributed by atoms with Gasteiger partial charge in [0.2, 0.25) is 5.88 Å². The highest BCUT2D eigenvalue weighted by Crippen LogP contribution is 2.39. The van der Waals surface area contributed by atoms with Gasteiger partial charge in [0, 0.05) is 24.5 Å². The molecule has 3 aliphatic rings. The fourth-order valence-electron chi connectivity index (χ4n) is 4.68. The normalized spacial score (nSPS) is 22.0. The van der Waals surface area contributed by atoms with Gasteiger partial charge in [-0.2, -0.15) is 13.2 Å². The van der Waals surface area contributed by atoms with Gasteiger partial charge >= 0.3 is 6.18 Å². The molecule has 7 nitrogen and oxygen atoms in total. The Morgan fingerprint density at radius 3 is 2.50 bits per heavy atom. The maximum Gasteiger partial charge on any atom is 0.434 e. The summed E-state index contributed by atoms with van der Waals surface area (Å²) in [4.78, 5) is 30.6. The van der Waals surface area contributed by atoms with Crippen LogP contribution in [0, 0.1) is 11.7 Å².